The molecule has 0 saturated carbocycles. The minimum absolute atomic E-state index is 0. The Hall–Kier alpha value is -1.19. The maximum absolute atomic E-state index is 11.5. The molecule has 0 N–H and O–H groups in total. The van der Waals surface area contributed by atoms with Gasteiger partial charge < -0.3 is 15.4 Å². The van der Waals surface area contributed by atoms with E-state index in [4.69, 9.17) is 12.2 Å². The third kappa shape index (κ3) is 3.18. The van der Waals surface area contributed by atoms with Crippen LogP contribution in [0.15, 0.2) is 29.6 Å². The Morgan fingerprint density at radius 3 is 2.22 bits per heavy atom. The second-order valence-corrected chi connectivity index (χ2v) is 4.49. The molecule has 0 bridgehead atoms. The van der Waals surface area contributed by atoms with Crippen LogP contribution in [-0.2, 0) is 24.0 Å². The molecule has 18 heavy (non-hydrogen) atoms. The van der Waals surface area contributed by atoms with E-state index in [0.717, 1.165) is 0 Å². The molecule has 2 rings (SSSR count). The van der Waals surface area contributed by atoms with E-state index in [1.807, 2.05) is 0 Å². The number of benzene rings is 1. The molecule has 91 valence electrons. The smallest absolute Gasteiger partial charge is 2.00 e. The Morgan fingerprint density at radius 2 is 1.83 bits per heavy atom. The van der Waals surface area contributed by atoms with Crippen molar-refractivity contribution in [3.8, 4) is 11.3 Å². The number of nitro groups is 1. The fourth-order valence-corrected chi connectivity index (χ4v) is 2.12. The molecule has 0 atom stereocenters. The van der Waals surface area contributed by atoms with Crippen LogP contribution in [0.2, 0.25) is 0 Å². The van der Waals surface area contributed by atoms with Crippen LogP contribution < -0.4 is 0 Å². The Morgan fingerprint density at radius 1 is 1.28 bits per heavy atom. The predicted molar refractivity (Wildman–Crippen MR) is 64.7 cm³/mol. The van der Waals surface area contributed by atoms with Gasteiger partial charge in [-0.05, 0) is 29.9 Å². The van der Waals surface area contributed by atoms with Crippen molar-refractivity contribution in [3.05, 3.63) is 48.9 Å². The first kappa shape index (κ1) is 16.8. The number of thiazole rings is 1. The van der Waals surface area contributed by atoms with Gasteiger partial charge in [-0.15, -0.1) is 11.3 Å². The summed E-state index contributed by atoms with van der Waals surface area (Å²) in [5.74, 6) is 0. The molecule has 0 aliphatic heterocycles. The molecule has 1 aromatic carbocycles. The molecule has 0 spiro atoms. The van der Waals surface area contributed by atoms with Crippen LogP contribution in [0, 0.1) is 19.3 Å². The van der Waals surface area contributed by atoms with Crippen molar-refractivity contribution in [3.63, 3.8) is 0 Å². The van der Waals surface area contributed by atoms with Crippen LogP contribution in [0.1, 0.15) is 0 Å². The minimum atomic E-state index is -0.485. The fraction of sp³-hybridized carbons (Fsp3) is 0. The number of rotatable bonds is 2. The maximum Gasteiger partial charge on any atom is 4.00 e. The summed E-state index contributed by atoms with van der Waals surface area (Å²) in [6.45, 7) is 0. The maximum atomic E-state index is 11.5. The number of nitrogens with zero attached hydrogens (tertiary/aromatic N) is 2. The monoisotopic (exact) mass is 320 g/mol. The number of hydrogen-bond acceptors (Lipinski definition) is 5. The first-order chi connectivity index (χ1) is 7.59. The molecule has 0 fully saturated rings. The van der Waals surface area contributed by atoms with Crippen LogP contribution in [0.4, 0.5) is 5.69 Å². The third-order valence-electron chi connectivity index (χ3n) is 2.03. The van der Waals surface area contributed by atoms with Crippen molar-refractivity contribution in [1.82, 2.24) is 4.73 Å². The summed E-state index contributed by atoms with van der Waals surface area (Å²) >= 11 is 5.97. The van der Waals surface area contributed by atoms with E-state index < -0.39 is 4.92 Å². The van der Waals surface area contributed by atoms with Crippen LogP contribution in [0.25, 0.3) is 11.3 Å². The van der Waals surface area contributed by atoms with E-state index in [1.54, 1.807) is 5.38 Å². The molecule has 1 radical (unpaired) electrons. The van der Waals surface area contributed by atoms with E-state index >= 15 is 0 Å². The van der Waals surface area contributed by atoms with Gasteiger partial charge >= 0.3 is 18.6 Å². The third-order valence-corrected chi connectivity index (χ3v) is 3.19. The molecule has 9 heteroatoms. The van der Waals surface area contributed by atoms with E-state index in [9.17, 15) is 15.3 Å². The number of nitro benzene ring substituents is 1. The van der Waals surface area contributed by atoms with Gasteiger partial charge in [0, 0.05) is 17.5 Å². The van der Waals surface area contributed by atoms with Gasteiger partial charge in [-0.2, -0.15) is 0 Å². The summed E-state index contributed by atoms with van der Waals surface area (Å²) in [6, 6.07) is 5.78. The number of aromatic nitrogens is 1. The average Bonchev–Trinajstić information content (AvgIpc) is 2.60. The molecule has 6 nitrogen and oxygen atoms in total. The molecular formula is C9H5N2O4S2V+. The van der Waals surface area contributed by atoms with Crippen LogP contribution in [-0.4, -0.2) is 9.65 Å². The molecule has 1 heterocycles. The molecular weight excluding hydrogens is 315 g/mol. The zero-order chi connectivity index (χ0) is 11.7. The minimum Gasteiger partial charge on any atom is -2.00 e. The Labute approximate surface area is 123 Å². The first-order valence-electron chi connectivity index (χ1n) is 4.22. The van der Waals surface area contributed by atoms with Gasteiger partial charge in [-0.3, -0.25) is 10.1 Å². The van der Waals surface area contributed by atoms with Crippen LogP contribution in [0.5, 0.6) is 0 Å². The molecule has 0 amide bonds. The molecule has 2 aromatic rings. The number of non-ortho nitro benzene ring substituents is 1. The largest absolute Gasteiger partial charge is 4.00 e. The Bertz CT molecular complexity index is 593. The van der Waals surface area contributed by atoms with Crippen molar-refractivity contribution in [2.24, 2.45) is 0 Å². The van der Waals surface area contributed by atoms with Gasteiger partial charge in [0.05, 0.1) is 10.6 Å². The molecule has 0 aliphatic rings. The summed E-state index contributed by atoms with van der Waals surface area (Å²) in [5, 5.41) is 23.6. The topological polar surface area (TPSA) is 99.6 Å². The van der Waals surface area contributed by atoms with Gasteiger partial charge in [-0.25, -0.2) is 0 Å². The van der Waals surface area contributed by atoms with E-state index in [-0.39, 0.29) is 33.7 Å². The Balaban J connectivity index is 0.00000144. The summed E-state index contributed by atoms with van der Waals surface area (Å²) in [7, 11) is 0. The molecule has 0 aliphatic carbocycles. The van der Waals surface area contributed by atoms with Crippen molar-refractivity contribution >= 4 is 29.2 Å². The quantitative estimate of drug-likeness (QED) is 0.482. The van der Waals surface area contributed by atoms with Crippen molar-refractivity contribution < 1.29 is 29.0 Å². The predicted octanol–water partition coefficient (Wildman–Crippen LogP) is 3.08. The zero-order valence-electron chi connectivity index (χ0n) is 8.68. The van der Waals surface area contributed by atoms with E-state index in [1.165, 1.54) is 35.6 Å². The molecule has 1 aromatic heterocycles. The van der Waals surface area contributed by atoms with E-state index in [0.29, 0.717) is 16.0 Å². The zero-order valence-corrected chi connectivity index (χ0v) is 11.7. The van der Waals surface area contributed by atoms with Crippen molar-refractivity contribution in [2.45, 2.75) is 0 Å². The van der Waals surface area contributed by atoms with Crippen molar-refractivity contribution in [1.29, 1.82) is 0 Å². The summed E-state index contributed by atoms with van der Waals surface area (Å²) in [4.78, 5) is 9.96. The van der Waals surface area contributed by atoms with Gasteiger partial charge in [0.1, 0.15) is 0 Å². The van der Waals surface area contributed by atoms with E-state index in [2.05, 4.69) is 0 Å². The normalized spacial score (nSPS) is 9.11. The van der Waals surface area contributed by atoms with Gasteiger partial charge in [0.15, 0.2) is 3.95 Å². The second kappa shape index (κ2) is 6.67. The standard InChI is InChI=1S/C9H5N2O3S2.O.V/c12-10-8(5-16-9(10)15)6-1-3-7(4-2-6)11(13)14;;/h1-5H;;/q-1;-2;+4. The summed E-state index contributed by atoms with van der Waals surface area (Å²) in [6.07, 6.45) is 0. The summed E-state index contributed by atoms with van der Waals surface area (Å²) < 4.78 is 0.870. The average molecular weight is 320 g/mol. The molecule has 0 saturated heterocycles. The SMILES string of the molecule is O=[N+]([O-])c1ccc(-c2csc(=S)n2[O-])cc1.[O-2].[V+4]. The van der Waals surface area contributed by atoms with Crippen molar-refractivity contribution in [2.75, 3.05) is 0 Å². The molecule has 0 unspecified atom stereocenters. The number of hydrogen-bond donors (Lipinski definition) is 0. The van der Waals surface area contributed by atoms with Gasteiger partial charge in [0.2, 0.25) is 0 Å². The second-order valence-electron chi connectivity index (χ2n) is 2.99. The fourth-order valence-electron chi connectivity index (χ4n) is 1.24. The Kier molecular flexibility index (Phi) is 6.23. The van der Waals surface area contributed by atoms with Gasteiger partial charge in [0.25, 0.3) is 5.69 Å². The first-order valence-corrected chi connectivity index (χ1v) is 5.51. The van der Waals surface area contributed by atoms with Crippen LogP contribution in [0.3, 0.4) is 0 Å². The summed E-state index contributed by atoms with van der Waals surface area (Å²) in [5.41, 5.74) is 1.04. The van der Waals surface area contributed by atoms with Gasteiger partial charge in [-0.1, -0.05) is 0 Å². The van der Waals surface area contributed by atoms with Crippen LogP contribution >= 0.6 is 23.6 Å².